The molecule has 21 heavy (non-hydrogen) atoms. The van der Waals surface area contributed by atoms with Gasteiger partial charge in [-0.2, -0.15) is 10.2 Å². The summed E-state index contributed by atoms with van der Waals surface area (Å²) in [7, 11) is 0. The van der Waals surface area contributed by atoms with Crippen LogP contribution in [0.1, 0.15) is 22.6 Å². The standard InChI is InChI=1S/C16H12N4O/c1-11-6-7-18-14(8-11)16-19-15(21-20-16)9-12-2-4-13(10-17)5-3-12/h2-8H,9H2,1H3. The monoisotopic (exact) mass is 276 g/mol. The summed E-state index contributed by atoms with van der Waals surface area (Å²) in [6, 6.07) is 13.2. The van der Waals surface area contributed by atoms with Crippen LogP contribution in [0.15, 0.2) is 47.1 Å². The molecule has 2 heterocycles. The summed E-state index contributed by atoms with van der Waals surface area (Å²) in [6.07, 6.45) is 2.26. The lowest BCUT2D eigenvalue weighted by molar-refractivity contribution is 0.385. The maximum Gasteiger partial charge on any atom is 0.231 e. The molecule has 0 N–H and O–H groups in total. The predicted octanol–water partition coefficient (Wildman–Crippen LogP) is 2.90. The third-order valence-corrected chi connectivity index (χ3v) is 3.05. The second-order valence-corrected chi connectivity index (χ2v) is 4.72. The number of aryl methyl sites for hydroxylation is 1. The number of pyridine rings is 1. The molecule has 1 aromatic carbocycles. The van der Waals surface area contributed by atoms with Crippen molar-refractivity contribution >= 4 is 0 Å². The maximum atomic E-state index is 8.77. The van der Waals surface area contributed by atoms with Gasteiger partial charge in [0.05, 0.1) is 18.1 Å². The molecule has 3 rings (SSSR count). The zero-order valence-corrected chi connectivity index (χ0v) is 11.4. The summed E-state index contributed by atoms with van der Waals surface area (Å²) < 4.78 is 5.25. The van der Waals surface area contributed by atoms with E-state index in [1.807, 2.05) is 31.2 Å². The van der Waals surface area contributed by atoms with Crippen LogP contribution in [0.25, 0.3) is 11.5 Å². The summed E-state index contributed by atoms with van der Waals surface area (Å²) in [5.74, 6) is 1.01. The quantitative estimate of drug-likeness (QED) is 0.735. The van der Waals surface area contributed by atoms with Gasteiger partial charge in [0.1, 0.15) is 5.69 Å². The molecular formula is C16H12N4O. The van der Waals surface area contributed by atoms with E-state index in [9.17, 15) is 0 Å². The molecule has 5 nitrogen and oxygen atoms in total. The van der Waals surface area contributed by atoms with Crippen molar-refractivity contribution < 1.29 is 4.52 Å². The van der Waals surface area contributed by atoms with Crippen LogP contribution in [-0.4, -0.2) is 15.1 Å². The van der Waals surface area contributed by atoms with E-state index >= 15 is 0 Å². The van der Waals surface area contributed by atoms with E-state index in [2.05, 4.69) is 21.2 Å². The van der Waals surface area contributed by atoms with Crippen molar-refractivity contribution in [3.63, 3.8) is 0 Å². The first kappa shape index (κ1) is 13.0. The summed E-state index contributed by atoms with van der Waals surface area (Å²) in [5, 5.41) is 12.7. The molecule has 0 aliphatic heterocycles. The highest BCUT2D eigenvalue weighted by molar-refractivity contribution is 5.49. The van der Waals surface area contributed by atoms with Crippen LogP contribution < -0.4 is 0 Å². The molecule has 2 aromatic heterocycles. The lowest BCUT2D eigenvalue weighted by Crippen LogP contribution is -1.90. The van der Waals surface area contributed by atoms with Crippen LogP contribution in [0, 0.1) is 18.3 Å². The van der Waals surface area contributed by atoms with Gasteiger partial charge in [0.25, 0.3) is 0 Å². The highest BCUT2D eigenvalue weighted by Crippen LogP contribution is 2.16. The number of aromatic nitrogens is 3. The van der Waals surface area contributed by atoms with Gasteiger partial charge >= 0.3 is 0 Å². The molecule has 0 spiro atoms. The summed E-state index contributed by atoms with van der Waals surface area (Å²) in [5.41, 5.74) is 3.44. The van der Waals surface area contributed by atoms with E-state index in [0.29, 0.717) is 29.4 Å². The zero-order valence-electron chi connectivity index (χ0n) is 11.4. The Morgan fingerprint density at radius 2 is 2.00 bits per heavy atom. The highest BCUT2D eigenvalue weighted by Gasteiger charge is 2.10. The number of rotatable bonds is 3. The van der Waals surface area contributed by atoms with Crippen molar-refractivity contribution in [3.05, 3.63) is 65.2 Å². The van der Waals surface area contributed by atoms with Crippen molar-refractivity contribution in [2.45, 2.75) is 13.3 Å². The number of nitrogens with zero attached hydrogens (tertiary/aromatic N) is 4. The van der Waals surface area contributed by atoms with E-state index in [1.165, 1.54) is 0 Å². The molecule has 0 aliphatic rings. The Labute approximate surface area is 121 Å². The Balaban J connectivity index is 1.80. The van der Waals surface area contributed by atoms with Gasteiger partial charge in [-0.1, -0.05) is 17.3 Å². The lowest BCUT2D eigenvalue weighted by Gasteiger charge is -1.96. The fraction of sp³-hybridized carbons (Fsp3) is 0.125. The van der Waals surface area contributed by atoms with Crippen LogP contribution in [0.2, 0.25) is 0 Å². The minimum absolute atomic E-state index is 0.488. The number of nitriles is 1. The average molecular weight is 276 g/mol. The van der Waals surface area contributed by atoms with Crippen LogP contribution in [0.5, 0.6) is 0 Å². The Morgan fingerprint density at radius 3 is 2.71 bits per heavy atom. The molecule has 3 aromatic rings. The fourth-order valence-electron chi connectivity index (χ4n) is 1.96. The van der Waals surface area contributed by atoms with E-state index in [4.69, 9.17) is 9.78 Å². The molecule has 0 atom stereocenters. The lowest BCUT2D eigenvalue weighted by atomic mass is 10.1. The molecule has 0 radical (unpaired) electrons. The molecule has 0 saturated carbocycles. The van der Waals surface area contributed by atoms with Crippen LogP contribution in [0.4, 0.5) is 0 Å². The van der Waals surface area contributed by atoms with Gasteiger partial charge in [-0.25, -0.2) is 0 Å². The third kappa shape index (κ3) is 2.95. The molecular weight excluding hydrogens is 264 g/mol. The van der Waals surface area contributed by atoms with Gasteiger partial charge in [0.15, 0.2) is 0 Å². The summed E-state index contributed by atoms with van der Waals surface area (Å²) >= 11 is 0. The van der Waals surface area contributed by atoms with Crippen molar-refractivity contribution in [1.82, 2.24) is 15.1 Å². The second-order valence-electron chi connectivity index (χ2n) is 4.72. The Kier molecular flexibility index (Phi) is 3.44. The number of hydrogen-bond acceptors (Lipinski definition) is 5. The van der Waals surface area contributed by atoms with Crippen molar-refractivity contribution in [2.24, 2.45) is 0 Å². The van der Waals surface area contributed by atoms with Gasteiger partial charge in [0, 0.05) is 6.20 Å². The number of hydrogen-bond donors (Lipinski definition) is 0. The minimum atomic E-state index is 0.488. The predicted molar refractivity (Wildman–Crippen MR) is 76.2 cm³/mol. The van der Waals surface area contributed by atoms with Crippen LogP contribution in [-0.2, 0) is 6.42 Å². The van der Waals surface area contributed by atoms with Gasteiger partial charge in [-0.15, -0.1) is 0 Å². The third-order valence-electron chi connectivity index (χ3n) is 3.05. The van der Waals surface area contributed by atoms with Crippen molar-refractivity contribution in [3.8, 4) is 17.6 Å². The highest BCUT2D eigenvalue weighted by atomic mass is 16.5. The van der Waals surface area contributed by atoms with E-state index < -0.39 is 0 Å². The van der Waals surface area contributed by atoms with E-state index in [-0.39, 0.29) is 0 Å². The molecule has 0 amide bonds. The molecule has 0 aliphatic carbocycles. The average Bonchev–Trinajstić information content (AvgIpc) is 2.97. The summed E-state index contributed by atoms with van der Waals surface area (Å²) in [6.45, 7) is 1.99. The van der Waals surface area contributed by atoms with Gasteiger partial charge in [-0.3, -0.25) is 4.98 Å². The molecule has 0 unspecified atom stereocenters. The van der Waals surface area contributed by atoms with E-state index in [1.54, 1.807) is 18.3 Å². The molecule has 0 bridgehead atoms. The minimum Gasteiger partial charge on any atom is -0.339 e. The first-order valence-electron chi connectivity index (χ1n) is 6.49. The number of benzene rings is 1. The SMILES string of the molecule is Cc1ccnc(-c2noc(Cc3ccc(C#N)cc3)n2)c1. The molecule has 102 valence electrons. The largest absolute Gasteiger partial charge is 0.339 e. The first-order valence-corrected chi connectivity index (χ1v) is 6.49. The Morgan fingerprint density at radius 1 is 1.19 bits per heavy atom. The molecule has 0 fully saturated rings. The fourth-order valence-corrected chi connectivity index (χ4v) is 1.96. The maximum absolute atomic E-state index is 8.77. The molecule has 5 heteroatoms. The van der Waals surface area contributed by atoms with Crippen molar-refractivity contribution in [1.29, 1.82) is 5.26 Å². The van der Waals surface area contributed by atoms with Gasteiger partial charge in [0.2, 0.25) is 11.7 Å². The summed E-state index contributed by atoms with van der Waals surface area (Å²) in [4.78, 5) is 8.59. The topological polar surface area (TPSA) is 75.6 Å². The smallest absolute Gasteiger partial charge is 0.231 e. The zero-order chi connectivity index (χ0) is 14.7. The Bertz CT molecular complexity index is 800. The molecule has 0 saturated heterocycles. The normalized spacial score (nSPS) is 10.3. The second kappa shape index (κ2) is 5.55. The Hall–Kier alpha value is -3.00. The van der Waals surface area contributed by atoms with Gasteiger partial charge in [-0.05, 0) is 42.3 Å². The van der Waals surface area contributed by atoms with Crippen LogP contribution >= 0.6 is 0 Å². The van der Waals surface area contributed by atoms with E-state index in [0.717, 1.165) is 11.1 Å². The first-order chi connectivity index (χ1) is 10.2. The van der Waals surface area contributed by atoms with Crippen LogP contribution in [0.3, 0.4) is 0 Å². The van der Waals surface area contributed by atoms with Gasteiger partial charge < -0.3 is 4.52 Å². The van der Waals surface area contributed by atoms with Crippen molar-refractivity contribution in [2.75, 3.05) is 0 Å².